The zero-order chi connectivity index (χ0) is 50.6. The van der Waals surface area contributed by atoms with Gasteiger partial charge in [-0.25, -0.2) is 0 Å². The minimum absolute atomic E-state index is 0.0270. The third kappa shape index (κ3) is 15.2. The third-order valence-electron chi connectivity index (χ3n) is 14.7. The second kappa shape index (κ2) is 25.3. The molecule has 4 aliphatic carbocycles. The van der Waals surface area contributed by atoms with Gasteiger partial charge in [-0.15, -0.1) is 0 Å². The number of carbonyl (C=O) groups excluding carboxylic acids is 6. The molecule has 7 aliphatic rings. The maximum atomic E-state index is 12.4. The van der Waals surface area contributed by atoms with Gasteiger partial charge in [-0.05, 0) is 79.6 Å². The molecule has 7 rings (SSSR count). The zero-order valence-electron chi connectivity index (χ0n) is 41.4. The van der Waals surface area contributed by atoms with Crippen LogP contribution in [0.15, 0.2) is 12.2 Å². The van der Waals surface area contributed by atoms with Gasteiger partial charge in [-0.1, -0.05) is 26.3 Å². The highest BCUT2D eigenvalue weighted by molar-refractivity contribution is 5.67. The molecule has 0 amide bonds. The predicted molar refractivity (Wildman–Crippen MR) is 238 cm³/mol. The van der Waals surface area contributed by atoms with E-state index in [4.69, 9.17) is 62.0 Å². The van der Waals surface area contributed by atoms with E-state index in [0.29, 0.717) is 11.8 Å². The van der Waals surface area contributed by atoms with Crippen molar-refractivity contribution < 1.29 is 95.5 Å². The highest BCUT2D eigenvalue weighted by Crippen LogP contribution is 2.68. The van der Waals surface area contributed by atoms with Crippen LogP contribution >= 0.6 is 0 Å². The molecule has 20 nitrogen and oxygen atoms in total. The Bertz CT molecular complexity index is 1810. The molecule has 0 aromatic rings. The Hall–Kier alpha value is -4.21. The van der Waals surface area contributed by atoms with Crippen LogP contribution in [0, 0.1) is 29.1 Å². The fourth-order valence-electron chi connectivity index (χ4n) is 12.1. The Morgan fingerprint density at radius 2 is 1.33 bits per heavy atom. The van der Waals surface area contributed by atoms with Crippen molar-refractivity contribution in [2.24, 2.45) is 29.1 Å². The summed E-state index contributed by atoms with van der Waals surface area (Å²) in [6, 6.07) is 0. The first kappa shape index (κ1) is 55.7. The summed E-state index contributed by atoms with van der Waals surface area (Å²) in [6.45, 7) is 14.5. The molecule has 0 aromatic carbocycles. The van der Waals surface area contributed by atoms with Crippen molar-refractivity contribution in [1.82, 2.24) is 0 Å². The van der Waals surface area contributed by atoms with E-state index in [1.807, 2.05) is 0 Å². The summed E-state index contributed by atoms with van der Waals surface area (Å²) < 4.78 is 71.9. The van der Waals surface area contributed by atoms with Crippen molar-refractivity contribution in [3.8, 4) is 0 Å². The average Bonchev–Trinajstić information content (AvgIpc) is 3.46. The van der Waals surface area contributed by atoms with Crippen molar-refractivity contribution >= 4 is 42.3 Å². The molecule has 1 spiro atoms. The fraction of sp³-hybridized carbons (Fsp3) is 0.816. The highest BCUT2D eigenvalue weighted by Gasteiger charge is 2.64. The van der Waals surface area contributed by atoms with Crippen molar-refractivity contribution in [3.63, 3.8) is 0 Å². The molecule has 20 heteroatoms. The number of ether oxygens (including phenoxy) is 12. The van der Waals surface area contributed by atoms with Crippen LogP contribution in [0.1, 0.15) is 132 Å². The largest absolute Gasteiger partial charge is 0.483 e. The van der Waals surface area contributed by atoms with E-state index >= 15 is 0 Å². The molecular formula is C49H74O20. The van der Waals surface area contributed by atoms with Gasteiger partial charge in [0.05, 0.1) is 37.6 Å². The average molecular weight is 983 g/mol. The Kier molecular flexibility index (Phi) is 20.4. The first-order valence-corrected chi connectivity index (χ1v) is 24.2. The van der Waals surface area contributed by atoms with E-state index < -0.39 is 97.0 Å². The van der Waals surface area contributed by atoms with Crippen LogP contribution in [0.2, 0.25) is 0 Å². The Morgan fingerprint density at radius 1 is 0.710 bits per heavy atom. The van der Waals surface area contributed by atoms with Crippen LogP contribution in [0.5, 0.6) is 0 Å². The van der Waals surface area contributed by atoms with E-state index in [-0.39, 0.29) is 63.4 Å². The van der Waals surface area contributed by atoms with Crippen molar-refractivity contribution in [2.75, 3.05) is 26.9 Å². The molecule has 0 radical (unpaired) electrons. The lowest BCUT2D eigenvalue weighted by molar-refractivity contribution is -0.366. The molecule has 3 heterocycles. The summed E-state index contributed by atoms with van der Waals surface area (Å²) in [4.78, 5) is 78.3. The van der Waals surface area contributed by atoms with Gasteiger partial charge in [-0.2, -0.15) is 0 Å². The van der Waals surface area contributed by atoms with Gasteiger partial charge in [0.1, 0.15) is 31.5 Å². The molecule has 0 aromatic heterocycles. The zero-order valence-corrected chi connectivity index (χ0v) is 41.4. The maximum Gasteiger partial charge on any atom is 0.303 e. The smallest absolute Gasteiger partial charge is 0.303 e. The van der Waals surface area contributed by atoms with Crippen LogP contribution in [0.3, 0.4) is 0 Å². The minimum Gasteiger partial charge on any atom is -0.483 e. The lowest BCUT2D eigenvalue weighted by Crippen LogP contribution is -2.60. The standard InChI is InChI=1S/C45H66O16.C3H6O2.CH2O2/c1-24-9-8-10-36-35(24)11-13-44-19-25(2)45(23-44,14-12-37(36)44)61-43-41(60-42-39(56-30(7)50)17-33(22-53-42)55-29(6)49)38(16-34(58-43)21-52-27(4)47)59-40-18-31(54-28(5)48)15-32(57-40)20-51-26(3)46;1-3(4)5-2;2-1-3/h24,31-43H,2,8-23H2,1,3-7H3;1-2H3;1H,(H,2,3)/t24?,31?,32?,33?,34?,35?,36?,37?,38?,39?,40?,41-,42?,43?,44?,45+;;/m1../s1. The Labute approximate surface area is 404 Å². The van der Waals surface area contributed by atoms with Gasteiger partial charge in [0.2, 0.25) is 0 Å². The number of fused-ring (bicyclic) bond motifs is 3. The summed E-state index contributed by atoms with van der Waals surface area (Å²) in [5.41, 5.74) is 0.371. The molecule has 14 unspecified atom stereocenters. The van der Waals surface area contributed by atoms with Crippen LogP contribution in [0.4, 0.5) is 0 Å². The van der Waals surface area contributed by atoms with Gasteiger partial charge >= 0.3 is 35.8 Å². The van der Waals surface area contributed by atoms with Crippen LogP contribution in [-0.4, -0.2) is 142 Å². The summed E-state index contributed by atoms with van der Waals surface area (Å²) in [5, 5.41) is 6.89. The number of esters is 6. The highest BCUT2D eigenvalue weighted by atomic mass is 16.8. The molecular weight excluding hydrogens is 909 g/mol. The first-order chi connectivity index (χ1) is 32.7. The topological polar surface area (TPSA) is 250 Å². The fourth-order valence-corrected chi connectivity index (χ4v) is 12.1. The second-order valence-electron chi connectivity index (χ2n) is 19.6. The molecule has 3 saturated heterocycles. The second-order valence-corrected chi connectivity index (χ2v) is 19.6. The maximum absolute atomic E-state index is 12.4. The molecule has 2 bridgehead atoms. The molecule has 16 atom stereocenters. The first-order valence-electron chi connectivity index (χ1n) is 24.2. The molecule has 390 valence electrons. The molecule has 7 fully saturated rings. The van der Waals surface area contributed by atoms with E-state index in [0.717, 1.165) is 49.5 Å². The summed E-state index contributed by atoms with van der Waals surface area (Å²) >= 11 is 0. The van der Waals surface area contributed by atoms with Crippen molar-refractivity contribution in [2.45, 2.75) is 199 Å². The lowest BCUT2D eigenvalue weighted by Gasteiger charge is -2.57. The molecule has 3 aliphatic heterocycles. The van der Waals surface area contributed by atoms with Crippen LogP contribution in [0.25, 0.3) is 0 Å². The number of carbonyl (C=O) groups is 7. The quantitative estimate of drug-likeness (QED) is 0.0811. The normalized spacial score (nSPS) is 37.8. The Balaban J connectivity index is 0.00000103. The van der Waals surface area contributed by atoms with Gasteiger partial charge < -0.3 is 61.9 Å². The van der Waals surface area contributed by atoms with E-state index in [1.165, 1.54) is 74.3 Å². The van der Waals surface area contributed by atoms with Crippen LogP contribution < -0.4 is 0 Å². The van der Waals surface area contributed by atoms with Gasteiger partial charge in [-0.3, -0.25) is 33.6 Å². The molecule has 4 saturated carbocycles. The van der Waals surface area contributed by atoms with Crippen LogP contribution in [-0.2, 0) is 90.4 Å². The summed E-state index contributed by atoms with van der Waals surface area (Å²) in [6.07, 6.45) is 1.52. The van der Waals surface area contributed by atoms with E-state index in [9.17, 15) is 28.8 Å². The number of carboxylic acid groups (broad SMARTS) is 1. The lowest BCUT2D eigenvalue weighted by atomic mass is 9.49. The van der Waals surface area contributed by atoms with Gasteiger partial charge in [0.15, 0.2) is 25.0 Å². The monoisotopic (exact) mass is 982 g/mol. The third-order valence-corrected chi connectivity index (χ3v) is 14.7. The summed E-state index contributed by atoms with van der Waals surface area (Å²) in [5.74, 6) is 0.000682. The van der Waals surface area contributed by atoms with Crippen molar-refractivity contribution in [1.29, 1.82) is 0 Å². The number of rotatable bonds is 13. The number of hydrogen-bond donors (Lipinski definition) is 1. The van der Waals surface area contributed by atoms with E-state index in [2.05, 4.69) is 18.2 Å². The minimum atomic E-state index is -1.15. The predicted octanol–water partition coefficient (Wildman–Crippen LogP) is 5.27. The summed E-state index contributed by atoms with van der Waals surface area (Å²) in [7, 11) is 1.35. The van der Waals surface area contributed by atoms with Gasteiger partial charge in [0, 0.05) is 67.2 Å². The SMILES string of the molecule is C=C1CC23CCC4C(C)CCCC4C2CC[C@]1(OC1OC(COC(C)=O)CC(OC2CC(OC(C)=O)CC(COC(C)=O)O2)[C@H]1OC1OCC(OC(C)=O)CC1OC(C)=O)C3.COC(C)=O.O=CO. The number of methoxy groups -OCH3 is 1. The molecule has 69 heavy (non-hydrogen) atoms. The van der Waals surface area contributed by atoms with E-state index in [1.54, 1.807) is 0 Å². The number of hydrogen-bond acceptors (Lipinski definition) is 19. The molecule has 1 N–H and O–H groups in total. The Morgan fingerprint density at radius 3 is 1.94 bits per heavy atom. The van der Waals surface area contributed by atoms with Gasteiger partial charge in [0.25, 0.3) is 6.47 Å². The van der Waals surface area contributed by atoms with Crippen molar-refractivity contribution in [3.05, 3.63) is 12.2 Å².